The van der Waals surface area contributed by atoms with Gasteiger partial charge in [-0.2, -0.15) is 12.6 Å². The quantitative estimate of drug-likeness (QED) is 0.0301. The number of aromatic amines is 2. The van der Waals surface area contributed by atoms with Crippen molar-refractivity contribution in [1.82, 2.24) is 41.9 Å². The van der Waals surface area contributed by atoms with E-state index in [1.807, 2.05) is 0 Å². The average Bonchev–Trinajstić information content (AvgIpc) is 3.87. The Bertz CT molecular complexity index is 2420. The van der Waals surface area contributed by atoms with Crippen LogP contribution in [-0.2, 0) is 60.8 Å². The summed E-state index contributed by atoms with van der Waals surface area (Å²) in [4.78, 5) is 133. The topological polar surface area (TPSA) is 387 Å². The number of carbonyl (C=O) groups is 10. The van der Waals surface area contributed by atoms with Gasteiger partial charge >= 0.3 is 17.9 Å². The molecule has 0 aliphatic heterocycles. The summed E-state index contributed by atoms with van der Waals surface area (Å²) in [7, 11) is 0. The molecule has 0 saturated carbocycles. The third kappa shape index (κ3) is 15.1. The Balaban J connectivity index is 1.54. The third-order valence-corrected chi connectivity index (χ3v) is 10.4. The number of carboxylic acids is 3. The van der Waals surface area contributed by atoms with Gasteiger partial charge in [-0.3, -0.25) is 43.2 Å². The van der Waals surface area contributed by atoms with E-state index < -0.39 is 128 Å². The summed E-state index contributed by atoms with van der Waals surface area (Å²) in [5.41, 5.74) is 13.4. The van der Waals surface area contributed by atoms with Gasteiger partial charge in [0.05, 0.1) is 19.0 Å². The first-order valence-corrected chi connectivity index (χ1v) is 20.7. The van der Waals surface area contributed by atoms with Crippen LogP contribution in [-0.4, -0.2) is 133 Å². The first-order valence-electron chi connectivity index (χ1n) is 20.1. The lowest BCUT2D eigenvalue weighted by molar-refractivity contribution is -0.142. The second-order valence-electron chi connectivity index (χ2n) is 14.9. The fraction of sp³-hybridized carbons (Fsp3) is 0.366. The molecule has 0 bridgehead atoms. The molecule has 6 atom stereocenters. The van der Waals surface area contributed by atoms with Crippen molar-refractivity contribution < 1.29 is 63.3 Å². The van der Waals surface area contributed by atoms with Crippen LogP contribution in [0.2, 0.25) is 0 Å². The third-order valence-electron chi connectivity index (χ3n) is 10.0. The van der Waals surface area contributed by atoms with Crippen molar-refractivity contribution in [3.05, 3.63) is 72.1 Å². The van der Waals surface area contributed by atoms with Crippen molar-refractivity contribution >= 4 is 93.7 Å². The minimum absolute atomic E-state index is 0.163. The SMILES string of the molecule is NC(=O)CCC(NC(=O)C(Cc1c[nH]c2ccccc12)NC(=O)C(CCC(=O)O)NC(=O)CNC(=O)C(CS)NC(=O)C(N)CC(=O)O)C(=O)NC(Cc1c[nH]c2ccccc12)C(=O)O. The number of hydrogen-bond donors (Lipinski definition) is 14. The number of aromatic nitrogens is 2. The highest BCUT2D eigenvalue weighted by molar-refractivity contribution is 7.80. The van der Waals surface area contributed by atoms with Gasteiger partial charge in [-0.05, 0) is 36.1 Å². The summed E-state index contributed by atoms with van der Waals surface area (Å²) in [6.07, 6.45) is 0.0887. The van der Waals surface area contributed by atoms with E-state index in [0.29, 0.717) is 22.0 Å². The smallest absolute Gasteiger partial charge is 0.326 e. The summed E-state index contributed by atoms with van der Waals surface area (Å²) in [6, 6.07) is 4.97. The number of para-hydroxylation sites is 2. The van der Waals surface area contributed by atoms with Crippen LogP contribution in [0.25, 0.3) is 21.8 Å². The lowest BCUT2D eigenvalue weighted by Crippen LogP contribution is -2.59. The van der Waals surface area contributed by atoms with Crippen molar-refractivity contribution in [2.24, 2.45) is 11.5 Å². The van der Waals surface area contributed by atoms with E-state index in [4.69, 9.17) is 16.6 Å². The number of benzene rings is 2. The maximum atomic E-state index is 14.2. The molecular formula is C41H50N10O13S. The summed E-state index contributed by atoms with van der Waals surface area (Å²) < 4.78 is 0. The Morgan fingerprint density at radius 1 is 0.585 bits per heavy atom. The Labute approximate surface area is 375 Å². The lowest BCUT2D eigenvalue weighted by Gasteiger charge is -2.26. The highest BCUT2D eigenvalue weighted by Crippen LogP contribution is 2.21. The summed E-state index contributed by atoms with van der Waals surface area (Å²) in [6.45, 7) is -0.801. The Morgan fingerprint density at radius 3 is 1.58 bits per heavy atom. The monoisotopic (exact) mass is 922 g/mol. The maximum Gasteiger partial charge on any atom is 0.326 e. The van der Waals surface area contributed by atoms with Crippen molar-refractivity contribution in [3.8, 4) is 0 Å². The molecule has 24 heteroatoms. The molecular weight excluding hydrogens is 873 g/mol. The standard InChI is InChI=1S/C41H50N10O13S/c42-24(15-35(56)57)36(58)51-31(19-65)37(59)46-18-33(53)47-27(10-12-34(54)55)38(60)49-29(13-20-16-44-25-7-3-1-5-22(20)25)40(62)48-28(9-11-32(43)52)39(61)50-30(41(63)64)14-21-17-45-26-8-4-2-6-23(21)26/h1-8,16-17,24,27-31,44-45,65H,9-15,18-19,42H2,(H2,43,52)(H,46,59)(H,47,53)(H,48,62)(H,49,60)(H,50,61)(H,51,58)(H,54,55)(H,56,57)(H,63,64). The Hall–Kier alpha value is -7.47. The van der Waals surface area contributed by atoms with Gasteiger partial charge in [0.15, 0.2) is 0 Å². The van der Waals surface area contributed by atoms with E-state index in [1.165, 1.54) is 0 Å². The number of carboxylic acid groups (broad SMARTS) is 3. The number of thiol groups is 1. The van der Waals surface area contributed by atoms with Gasteiger partial charge in [0.25, 0.3) is 0 Å². The van der Waals surface area contributed by atoms with Crippen LogP contribution < -0.4 is 43.4 Å². The molecule has 2 aromatic carbocycles. The zero-order valence-corrected chi connectivity index (χ0v) is 35.5. The predicted molar refractivity (Wildman–Crippen MR) is 234 cm³/mol. The molecule has 6 unspecified atom stereocenters. The number of carbonyl (C=O) groups excluding carboxylic acids is 7. The van der Waals surface area contributed by atoms with Gasteiger partial charge in [-0.15, -0.1) is 0 Å². The van der Waals surface area contributed by atoms with Gasteiger partial charge in [0.2, 0.25) is 41.4 Å². The minimum atomic E-state index is -1.63. The van der Waals surface area contributed by atoms with Gasteiger partial charge < -0.3 is 68.7 Å². The highest BCUT2D eigenvalue weighted by atomic mass is 32.1. The summed E-state index contributed by atoms with van der Waals surface area (Å²) in [5, 5.41) is 44.0. The first-order chi connectivity index (χ1) is 30.9. The van der Waals surface area contributed by atoms with Gasteiger partial charge in [0.1, 0.15) is 30.2 Å². The number of hydrogen-bond acceptors (Lipinski definition) is 12. The summed E-state index contributed by atoms with van der Waals surface area (Å²) >= 11 is 4.00. The van der Waals surface area contributed by atoms with Crippen molar-refractivity contribution in [3.63, 3.8) is 0 Å². The number of primary amides is 1. The van der Waals surface area contributed by atoms with Crippen LogP contribution in [0, 0.1) is 0 Å². The predicted octanol–water partition coefficient (Wildman–Crippen LogP) is -2.08. The minimum Gasteiger partial charge on any atom is -0.481 e. The Morgan fingerprint density at radius 2 is 1.06 bits per heavy atom. The van der Waals surface area contributed by atoms with E-state index in [-0.39, 0.29) is 25.0 Å². The number of nitrogens with one attached hydrogen (secondary N) is 8. The molecule has 0 radical (unpaired) electrons. The molecule has 2 aromatic heterocycles. The molecule has 348 valence electrons. The number of fused-ring (bicyclic) bond motifs is 2. The lowest BCUT2D eigenvalue weighted by atomic mass is 10.0. The number of amides is 7. The largest absolute Gasteiger partial charge is 0.481 e. The molecule has 7 amide bonds. The van der Waals surface area contributed by atoms with E-state index in [2.05, 4.69) is 54.5 Å². The molecule has 0 saturated heterocycles. The second kappa shape index (κ2) is 23.8. The van der Waals surface area contributed by atoms with Crippen LogP contribution in [0.5, 0.6) is 0 Å². The zero-order chi connectivity index (χ0) is 47.8. The zero-order valence-electron chi connectivity index (χ0n) is 34.6. The first kappa shape index (κ1) is 50.2. The molecule has 65 heavy (non-hydrogen) atoms. The maximum absolute atomic E-state index is 14.2. The molecule has 2 heterocycles. The average molecular weight is 923 g/mol. The van der Waals surface area contributed by atoms with E-state index in [0.717, 1.165) is 10.9 Å². The van der Waals surface area contributed by atoms with E-state index >= 15 is 0 Å². The molecule has 0 fully saturated rings. The van der Waals surface area contributed by atoms with Crippen LogP contribution >= 0.6 is 12.6 Å². The summed E-state index contributed by atoms with van der Waals surface area (Å²) in [5.74, 6) is -11.2. The molecule has 4 aromatic rings. The number of rotatable bonds is 26. The Kier molecular flexibility index (Phi) is 18.4. The number of aliphatic carboxylic acids is 3. The van der Waals surface area contributed by atoms with E-state index in [1.54, 1.807) is 60.9 Å². The van der Waals surface area contributed by atoms with Crippen LogP contribution in [0.4, 0.5) is 0 Å². The fourth-order valence-corrected chi connectivity index (χ4v) is 6.91. The van der Waals surface area contributed by atoms with Crippen LogP contribution in [0.15, 0.2) is 60.9 Å². The second-order valence-corrected chi connectivity index (χ2v) is 15.2. The van der Waals surface area contributed by atoms with Crippen molar-refractivity contribution in [2.75, 3.05) is 12.3 Å². The van der Waals surface area contributed by atoms with Gasteiger partial charge in [-0.25, -0.2) is 4.79 Å². The van der Waals surface area contributed by atoms with E-state index in [9.17, 15) is 58.2 Å². The molecule has 0 aliphatic carbocycles. The number of H-pyrrole nitrogens is 2. The van der Waals surface area contributed by atoms with Crippen LogP contribution in [0.3, 0.4) is 0 Å². The molecule has 0 spiro atoms. The molecule has 4 rings (SSSR count). The van der Waals surface area contributed by atoms with Crippen LogP contribution in [0.1, 0.15) is 43.2 Å². The molecule has 15 N–H and O–H groups in total. The van der Waals surface area contributed by atoms with Crippen molar-refractivity contribution in [2.45, 2.75) is 81.2 Å². The van der Waals surface area contributed by atoms with Gasteiger partial charge in [0, 0.05) is 65.6 Å². The highest BCUT2D eigenvalue weighted by Gasteiger charge is 2.33. The van der Waals surface area contributed by atoms with Crippen molar-refractivity contribution in [1.29, 1.82) is 0 Å². The number of nitrogens with two attached hydrogens (primary N) is 2. The molecule has 0 aliphatic rings. The normalized spacial score (nSPS) is 13.8. The molecule has 23 nitrogen and oxygen atoms in total. The van der Waals surface area contributed by atoms with Gasteiger partial charge in [-0.1, -0.05) is 36.4 Å². The fourth-order valence-electron chi connectivity index (χ4n) is 6.65.